The molecule has 0 bridgehead atoms. The molecule has 0 aliphatic carbocycles. The lowest BCUT2D eigenvalue weighted by Crippen LogP contribution is -2.23. The Kier molecular flexibility index (Phi) is 5.64. The normalized spacial score (nSPS) is 13.4. The lowest BCUT2D eigenvalue weighted by atomic mass is 9.86. The summed E-state index contributed by atoms with van der Waals surface area (Å²) in [5, 5.41) is 5.89. The Morgan fingerprint density at radius 2 is 1.81 bits per heavy atom. The molecule has 1 aromatic heterocycles. The number of hydrogen-bond acceptors (Lipinski definition) is 2. The monoisotopic (exact) mass is 365 g/mol. The average Bonchev–Trinajstić information content (AvgIpc) is 2.85. The fourth-order valence-corrected chi connectivity index (χ4v) is 3.57. The van der Waals surface area contributed by atoms with Crippen LogP contribution in [-0.2, 0) is 5.41 Å². The van der Waals surface area contributed by atoms with Gasteiger partial charge in [0.2, 0.25) is 0 Å². The van der Waals surface area contributed by atoms with Gasteiger partial charge < -0.3 is 5.32 Å². The van der Waals surface area contributed by atoms with Crippen molar-refractivity contribution in [3.63, 3.8) is 0 Å². The molecule has 0 aliphatic heterocycles. The van der Waals surface area contributed by atoms with Crippen molar-refractivity contribution in [2.45, 2.75) is 45.6 Å². The van der Waals surface area contributed by atoms with E-state index in [2.05, 4.69) is 84.7 Å². The van der Waals surface area contributed by atoms with Crippen LogP contribution in [0.2, 0.25) is 0 Å². The van der Waals surface area contributed by atoms with Gasteiger partial charge in [0, 0.05) is 0 Å². The zero-order valence-electron chi connectivity index (χ0n) is 13.2. The van der Waals surface area contributed by atoms with E-state index in [1.54, 1.807) is 11.3 Å². The topological polar surface area (TPSA) is 12.0 Å². The Morgan fingerprint density at radius 3 is 2.29 bits per heavy atom. The standard InChI is InChI=1S/C18H24BrNS/c1-5-10-20-17(14-11-16(19)21-12-14)13-6-8-15(9-7-13)18(2,3)4/h6-9,11-12,17,20H,5,10H2,1-4H3. The molecule has 1 unspecified atom stereocenters. The third-order valence-electron chi connectivity index (χ3n) is 3.63. The molecule has 2 aromatic rings. The first kappa shape index (κ1) is 16.7. The van der Waals surface area contributed by atoms with E-state index in [0.29, 0.717) is 0 Å². The SMILES string of the molecule is CCCNC(c1ccc(C(C)(C)C)cc1)c1csc(Br)c1. The Morgan fingerprint density at radius 1 is 1.14 bits per heavy atom. The van der Waals surface area contributed by atoms with Gasteiger partial charge in [-0.15, -0.1) is 11.3 Å². The van der Waals surface area contributed by atoms with E-state index in [9.17, 15) is 0 Å². The molecule has 1 N–H and O–H groups in total. The highest BCUT2D eigenvalue weighted by Crippen LogP contribution is 2.31. The molecule has 114 valence electrons. The third kappa shape index (κ3) is 4.41. The van der Waals surface area contributed by atoms with Crippen molar-refractivity contribution in [2.24, 2.45) is 0 Å². The second kappa shape index (κ2) is 7.08. The summed E-state index contributed by atoms with van der Waals surface area (Å²) >= 11 is 5.31. The van der Waals surface area contributed by atoms with Crippen LogP contribution >= 0.6 is 27.3 Å². The Labute approximate surface area is 140 Å². The van der Waals surface area contributed by atoms with Gasteiger partial charge in [0.15, 0.2) is 0 Å². The van der Waals surface area contributed by atoms with Gasteiger partial charge in [-0.25, -0.2) is 0 Å². The summed E-state index contributed by atoms with van der Waals surface area (Å²) in [7, 11) is 0. The minimum atomic E-state index is 0.205. The number of benzene rings is 1. The van der Waals surface area contributed by atoms with Crippen LogP contribution in [0.15, 0.2) is 39.5 Å². The molecule has 1 aromatic carbocycles. The molecule has 0 aliphatic rings. The first-order chi connectivity index (χ1) is 9.91. The zero-order valence-corrected chi connectivity index (χ0v) is 15.6. The lowest BCUT2D eigenvalue weighted by Gasteiger charge is -2.22. The molecule has 0 amide bonds. The largest absolute Gasteiger partial charge is 0.306 e. The summed E-state index contributed by atoms with van der Waals surface area (Å²) in [6.45, 7) is 10.00. The molecule has 1 nitrogen and oxygen atoms in total. The summed E-state index contributed by atoms with van der Waals surface area (Å²) in [5.41, 5.74) is 4.26. The van der Waals surface area contributed by atoms with E-state index in [1.165, 1.54) is 20.5 Å². The first-order valence-electron chi connectivity index (χ1n) is 7.49. The molecular weight excluding hydrogens is 342 g/mol. The molecule has 1 atom stereocenters. The average molecular weight is 366 g/mol. The second-order valence-corrected chi connectivity index (χ2v) is 8.73. The predicted octanol–water partition coefficient (Wildman–Crippen LogP) is 5.90. The van der Waals surface area contributed by atoms with E-state index in [1.807, 2.05) is 0 Å². The quantitative estimate of drug-likeness (QED) is 0.695. The van der Waals surface area contributed by atoms with Crippen molar-refractivity contribution < 1.29 is 0 Å². The van der Waals surface area contributed by atoms with Crippen LogP contribution < -0.4 is 5.32 Å². The van der Waals surface area contributed by atoms with Crippen LogP contribution in [0.3, 0.4) is 0 Å². The number of thiophene rings is 1. The maximum absolute atomic E-state index is 3.66. The van der Waals surface area contributed by atoms with Gasteiger partial charge in [0.1, 0.15) is 0 Å². The van der Waals surface area contributed by atoms with Crippen molar-refractivity contribution in [3.8, 4) is 0 Å². The summed E-state index contributed by atoms with van der Waals surface area (Å²) in [6.07, 6.45) is 1.14. The van der Waals surface area contributed by atoms with Crippen LogP contribution in [-0.4, -0.2) is 6.54 Å². The molecule has 0 saturated carbocycles. The summed E-state index contributed by atoms with van der Waals surface area (Å²) < 4.78 is 1.19. The molecule has 0 spiro atoms. The van der Waals surface area contributed by atoms with Gasteiger partial charge in [-0.1, -0.05) is 52.0 Å². The van der Waals surface area contributed by atoms with Gasteiger partial charge in [0.05, 0.1) is 9.83 Å². The minimum Gasteiger partial charge on any atom is -0.306 e. The van der Waals surface area contributed by atoms with E-state index >= 15 is 0 Å². The maximum atomic E-state index is 3.66. The predicted molar refractivity (Wildman–Crippen MR) is 97.3 cm³/mol. The van der Waals surface area contributed by atoms with Crippen LogP contribution in [0.5, 0.6) is 0 Å². The molecular formula is C18H24BrNS. The second-order valence-electron chi connectivity index (χ2n) is 6.44. The first-order valence-corrected chi connectivity index (χ1v) is 9.17. The van der Waals surface area contributed by atoms with E-state index in [4.69, 9.17) is 0 Å². The minimum absolute atomic E-state index is 0.205. The lowest BCUT2D eigenvalue weighted by molar-refractivity contribution is 0.584. The fourth-order valence-electron chi connectivity index (χ4n) is 2.37. The molecule has 0 saturated heterocycles. The Balaban J connectivity index is 2.28. The van der Waals surface area contributed by atoms with Crippen LogP contribution in [0.4, 0.5) is 0 Å². The molecule has 3 heteroatoms. The van der Waals surface area contributed by atoms with Gasteiger partial charge in [-0.2, -0.15) is 0 Å². The van der Waals surface area contributed by atoms with Crippen molar-refractivity contribution >= 4 is 27.3 Å². The van der Waals surface area contributed by atoms with E-state index in [0.717, 1.165) is 13.0 Å². The highest BCUT2D eigenvalue weighted by molar-refractivity contribution is 9.11. The van der Waals surface area contributed by atoms with Crippen molar-refractivity contribution in [1.29, 1.82) is 0 Å². The highest BCUT2D eigenvalue weighted by Gasteiger charge is 2.17. The molecule has 0 fully saturated rings. The molecule has 2 rings (SSSR count). The number of nitrogens with one attached hydrogen (secondary N) is 1. The van der Waals surface area contributed by atoms with Gasteiger partial charge in [0.25, 0.3) is 0 Å². The third-order valence-corrected chi connectivity index (χ3v) is 5.15. The fraction of sp³-hybridized carbons (Fsp3) is 0.444. The maximum Gasteiger partial charge on any atom is 0.0701 e. The molecule has 1 heterocycles. The van der Waals surface area contributed by atoms with Crippen molar-refractivity contribution in [1.82, 2.24) is 5.32 Å². The van der Waals surface area contributed by atoms with E-state index in [-0.39, 0.29) is 11.5 Å². The number of halogens is 1. The van der Waals surface area contributed by atoms with Crippen molar-refractivity contribution in [2.75, 3.05) is 6.54 Å². The van der Waals surface area contributed by atoms with Gasteiger partial charge in [-0.05, 0) is 62.4 Å². The number of hydrogen-bond donors (Lipinski definition) is 1. The van der Waals surface area contributed by atoms with Crippen molar-refractivity contribution in [3.05, 3.63) is 56.2 Å². The number of rotatable bonds is 5. The van der Waals surface area contributed by atoms with E-state index < -0.39 is 0 Å². The Hall–Kier alpha value is -0.640. The smallest absolute Gasteiger partial charge is 0.0701 e. The highest BCUT2D eigenvalue weighted by atomic mass is 79.9. The van der Waals surface area contributed by atoms with Crippen LogP contribution in [0, 0.1) is 0 Å². The summed E-state index contributed by atoms with van der Waals surface area (Å²) in [5.74, 6) is 0. The molecule has 0 radical (unpaired) electrons. The van der Waals surface area contributed by atoms with Gasteiger partial charge >= 0.3 is 0 Å². The van der Waals surface area contributed by atoms with Gasteiger partial charge in [-0.3, -0.25) is 0 Å². The zero-order chi connectivity index (χ0) is 15.5. The Bertz CT molecular complexity index is 566. The van der Waals surface area contributed by atoms with Crippen LogP contribution in [0.25, 0.3) is 0 Å². The summed E-state index contributed by atoms with van der Waals surface area (Å²) in [6, 6.07) is 11.5. The van der Waals surface area contributed by atoms with Crippen LogP contribution in [0.1, 0.15) is 56.8 Å². The summed E-state index contributed by atoms with van der Waals surface area (Å²) in [4.78, 5) is 0. The molecule has 21 heavy (non-hydrogen) atoms.